The number of alkyl halides is 3. The summed E-state index contributed by atoms with van der Waals surface area (Å²) in [6.07, 6.45) is -1.72. The summed E-state index contributed by atoms with van der Waals surface area (Å²) in [4.78, 5) is 24.1. The highest BCUT2D eigenvalue weighted by Crippen LogP contribution is 2.14. The maximum absolute atomic E-state index is 11.3. The van der Waals surface area contributed by atoms with E-state index in [1.54, 1.807) is 16.8 Å². The van der Waals surface area contributed by atoms with Gasteiger partial charge in [-0.1, -0.05) is 0 Å². The number of hydrogen-bond acceptors (Lipinski definition) is 4. The van der Waals surface area contributed by atoms with Gasteiger partial charge in [0.1, 0.15) is 0 Å². The second-order valence-corrected chi connectivity index (χ2v) is 4.42. The Bertz CT molecular complexity index is 671. The predicted octanol–water partition coefficient (Wildman–Crippen LogP) is 1.33. The van der Waals surface area contributed by atoms with Crippen LogP contribution in [0.2, 0.25) is 0 Å². The number of nitrogens with zero attached hydrogens (tertiary/aromatic N) is 2. The Hall–Kier alpha value is -2.14. The van der Waals surface area contributed by atoms with E-state index in [1.165, 1.54) is 0 Å². The molecule has 0 radical (unpaired) electrons. The number of halogens is 4. The first-order valence-electron chi connectivity index (χ1n) is 5.10. The van der Waals surface area contributed by atoms with Crippen LogP contribution in [0.4, 0.5) is 13.2 Å². The summed E-state index contributed by atoms with van der Waals surface area (Å²) < 4.78 is 34.3. The molecule has 0 bridgehead atoms. The van der Waals surface area contributed by atoms with E-state index in [0.29, 0.717) is 0 Å². The third-order valence-electron chi connectivity index (χ3n) is 2.07. The highest BCUT2D eigenvalue weighted by atomic mass is 79.9. The standard InChI is InChI=1S/C8H7BrN4O.C2HF3O2/c9-5-1-2-6-3-11-7(8(14)12-10)13(6)4-5;3-2(4,5)1(6)7/h1-4H,10H2,(H,12,14);(H,6,7). The molecule has 0 aliphatic rings. The maximum atomic E-state index is 11.3. The lowest BCUT2D eigenvalue weighted by Gasteiger charge is -1.99. The van der Waals surface area contributed by atoms with Crippen LogP contribution in [0.3, 0.4) is 0 Å². The zero-order chi connectivity index (χ0) is 16.2. The molecule has 11 heteroatoms. The number of nitrogens with one attached hydrogen (secondary N) is 1. The largest absolute Gasteiger partial charge is 0.490 e. The fourth-order valence-corrected chi connectivity index (χ4v) is 1.53. The summed E-state index contributed by atoms with van der Waals surface area (Å²) in [6, 6.07) is 3.73. The molecule has 0 atom stereocenters. The first-order chi connectivity index (χ1) is 9.66. The van der Waals surface area contributed by atoms with Gasteiger partial charge in [-0.2, -0.15) is 13.2 Å². The van der Waals surface area contributed by atoms with E-state index in [0.717, 1.165) is 9.99 Å². The van der Waals surface area contributed by atoms with Crippen molar-refractivity contribution < 1.29 is 27.9 Å². The first kappa shape index (κ1) is 16.9. The van der Waals surface area contributed by atoms with Crippen molar-refractivity contribution in [1.29, 1.82) is 0 Å². The quantitative estimate of drug-likeness (QED) is 0.399. The molecule has 2 rings (SSSR count). The van der Waals surface area contributed by atoms with Gasteiger partial charge in [0.15, 0.2) is 0 Å². The molecule has 0 fully saturated rings. The molecule has 0 aliphatic heterocycles. The molecule has 0 aliphatic carbocycles. The molecule has 1 amide bonds. The Labute approximate surface area is 123 Å². The molecule has 0 unspecified atom stereocenters. The number of nitrogens with two attached hydrogens (primary N) is 1. The van der Waals surface area contributed by atoms with Crippen LogP contribution in [0.15, 0.2) is 29.0 Å². The number of fused-ring (bicyclic) bond motifs is 1. The number of aromatic nitrogens is 2. The normalized spacial score (nSPS) is 10.7. The molecule has 0 aromatic carbocycles. The minimum absolute atomic E-state index is 0.267. The van der Waals surface area contributed by atoms with Gasteiger partial charge in [0.05, 0.1) is 11.7 Å². The Morgan fingerprint density at radius 1 is 1.38 bits per heavy atom. The molecule has 21 heavy (non-hydrogen) atoms. The zero-order valence-corrected chi connectivity index (χ0v) is 11.6. The van der Waals surface area contributed by atoms with E-state index in [4.69, 9.17) is 15.7 Å². The van der Waals surface area contributed by atoms with Gasteiger partial charge in [-0.3, -0.25) is 14.6 Å². The second-order valence-electron chi connectivity index (χ2n) is 3.50. The van der Waals surface area contributed by atoms with Gasteiger partial charge >= 0.3 is 18.1 Å². The van der Waals surface area contributed by atoms with Crippen LogP contribution in [0.5, 0.6) is 0 Å². The molecule has 0 saturated heterocycles. The van der Waals surface area contributed by atoms with E-state index < -0.39 is 18.1 Å². The van der Waals surface area contributed by atoms with Crippen molar-refractivity contribution in [1.82, 2.24) is 14.8 Å². The number of rotatable bonds is 1. The van der Waals surface area contributed by atoms with Crippen molar-refractivity contribution in [2.24, 2.45) is 5.84 Å². The summed E-state index contributed by atoms with van der Waals surface area (Å²) in [6.45, 7) is 0. The summed E-state index contributed by atoms with van der Waals surface area (Å²) in [7, 11) is 0. The van der Waals surface area contributed by atoms with Gasteiger partial charge in [0.25, 0.3) is 0 Å². The molecule has 4 N–H and O–H groups in total. The number of carboxylic acid groups (broad SMARTS) is 1. The highest BCUT2D eigenvalue weighted by molar-refractivity contribution is 9.10. The van der Waals surface area contributed by atoms with Crippen molar-refractivity contribution in [2.45, 2.75) is 6.18 Å². The van der Waals surface area contributed by atoms with Crippen LogP contribution in [-0.2, 0) is 4.79 Å². The lowest BCUT2D eigenvalue weighted by atomic mass is 10.4. The summed E-state index contributed by atoms with van der Waals surface area (Å²) in [5.74, 6) is 2.12. The first-order valence-corrected chi connectivity index (χ1v) is 5.89. The molecule has 2 aromatic rings. The number of nitrogen functional groups attached to an aromatic ring is 1. The third kappa shape index (κ3) is 4.43. The number of pyridine rings is 1. The number of hydrazine groups is 1. The van der Waals surface area contributed by atoms with Crippen LogP contribution < -0.4 is 11.3 Å². The molecular formula is C10H8BrF3N4O3. The topological polar surface area (TPSA) is 110 Å². The monoisotopic (exact) mass is 368 g/mol. The molecule has 2 heterocycles. The second kappa shape index (κ2) is 6.54. The van der Waals surface area contributed by atoms with Crippen LogP contribution in [0.1, 0.15) is 10.6 Å². The number of carbonyl (C=O) groups excluding carboxylic acids is 1. The Morgan fingerprint density at radius 2 is 1.95 bits per heavy atom. The average Bonchev–Trinajstić information content (AvgIpc) is 2.80. The van der Waals surface area contributed by atoms with Gasteiger partial charge in [-0.25, -0.2) is 15.6 Å². The van der Waals surface area contributed by atoms with Crippen molar-refractivity contribution in [3.63, 3.8) is 0 Å². The Balaban J connectivity index is 0.000000270. The van der Waals surface area contributed by atoms with Crippen LogP contribution in [0.25, 0.3) is 5.52 Å². The van der Waals surface area contributed by atoms with Gasteiger partial charge in [0, 0.05) is 10.7 Å². The lowest BCUT2D eigenvalue weighted by Crippen LogP contribution is -2.31. The molecular weight excluding hydrogens is 361 g/mol. The number of imidazole rings is 1. The SMILES string of the molecule is NNC(=O)c1ncc2ccc(Br)cn12.O=C(O)C(F)(F)F. The summed E-state index contributed by atoms with van der Waals surface area (Å²) in [5.41, 5.74) is 2.88. The number of hydrogen-bond donors (Lipinski definition) is 3. The number of amides is 1. The van der Waals surface area contributed by atoms with Gasteiger partial charge < -0.3 is 5.11 Å². The van der Waals surface area contributed by atoms with E-state index in [-0.39, 0.29) is 5.82 Å². The zero-order valence-electron chi connectivity index (χ0n) is 10.1. The lowest BCUT2D eigenvalue weighted by molar-refractivity contribution is -0.192. The van der Waals surface area contributed by atoms with E-state index in [2.05, 4.69) is 20.9 Å². The Kier molecular flexibility index (Phi) is 5.27. The van der Waals surface area contributed by atoms with Crippen molar-refractivity contribution >= 4 is 33.3 Å². The molecule has 2 aromatic heterocycles. The maximum Gasteiger partial charge on any atom is 0.490 e. The van der Waals surface area contributed by atoms with Gasteiger partial charge in [-0.15, -0.1) is 0 Å². The van der Waals surface area contributed by atoms with Gasteiger partial charge in [-0.05, 0) is 28.1 Å². The van der Waals surface area contributed by atoms with Gasteiger partial charge in [0.2, 0.25) is 5.82 Å². The fourth-order valence-electron chi connectivity index (χ4n) is 1.20. The summed E-state index contributed by atoms with van der Waals surface area (Å²) >= 11 is 3.31. The number of aliphatic carboxylic acids is 1. The van der Waals surface area contributed by atoms with Crippen LogP contribution in [-0.4, -0.2) is 32.5 Å². The van der Waals surface area contributed by atoms with Crippen molar-refractivity contribution in [3.05, 3.63) is 34.8 Å². The predicted molar refractivity (Wildman–Crippen MR) is 68.2 cm³/mol. The van der Waals surface area contributed by atoms with E-state index >= 15 is 0 Å². The molecule has 114 valence electrons. The van der Waals surface area contributed by atoms with Crippen molar-refractivity contribution in [3.8, 4) is 0 Å². The van der Waals surface area contributed by atoms with E-state index in [9.17, 15) is 18.0 Å². The molecule has 7 nitrogen and oxygen atoms in total. The minimum Gasteiger partial charge on any atom is -0.475 e. The summed E-state index contributed by atoms with van der Waals surface area (Å²) in [5, 5.41) is 7.12. The van der Waals surface area contributed by atoms with E-state index in [1.807, 2.05) is 17.6 Å². The number of carbonyl (C=O) groups is 2. The van der Waals surface area contributed by atoms with Crippen molar-refractivity contribution in [2.75, 3.05) is 0 Å². The highest BCUT2D eigenvalue weighted by Gasteiger charge is 2.38. The fraction of sp³-hybridized carbons (Fsp3) is 0.100. The minimum atomic E-state index is -5.08. The number of carboxylic acids is 1. The smallest absolute Gasteiger partial charge is 0.475 e. The molecule has 0 saturated carbocycles. The van der Waals surface area contributed by atoms with Crippen LogP contribution in [0, 0.1) is 0 Å². The van der Waals surface area contributed by atoms with Crippen LogP contribution >= 0.6 is 15.9 Å². The molecule has 0 spiro atoms. The average molecular weight is 369 g/mol. The Morgan fingerprint density at radius 3 is 2.43 bits per heavy atom. The third-order valence-corrected chi connectivity index (χ3v) is 2.54.